The molecular formula is C79H123N11O11S2. The Bertz CT molecular complexity index is 3640. The Hall–Kier alpha value is -5.81. The third-order valence-corrected chi connectivity index (χ3v) is 23.6. The van der Waals surface area contributed by atoms with Crippen molar-refractivity contribution < 1.29 is 45.4 Å². The number of nitrogens with zero attached hydrogens (tertiary/aromatic N) is 11. The van der Waals surface area contributed by atoms with Crippen LogP contribution in [0.1, 0.15) is 81.9 Å². The normalized spacial score (nSPS) is 22.3. The highest BCUT2D eigenvalue weighted by Crippen LogP contribution is 2.29. The quantitative estimate of drug-likeness (QED) is 0.163. The first-order chi connectivity index (χ1) is 49.0. The van der Waals surface area contributed by atoms with E-state index in [9.17, 15) is 31.2 Å². The van der Waals surface area contributed by atoms with Crippen LogP contribution in [0.15, 0.2) is 118 Å². The van der Waals surface area contributed by atoms with E-state index in [1.54, 1.807) is 63.3 Å². The number of fused-ring (bicyclic) bond motifs is 4. The first-order valence-corrected chi connectivity index (χ1v) is 40.3. The molecule has 0 saturated carbocycles. The van der Waals surface area contributed by atoms with Crippen molar-refractivity contribution in [1.29, 1.82) is 0 Å². The van der Waals surface area contributed by atoms with Gasteiger partial charge in [-0.1, -0.05) is 78.2 Å². The number of likely N-dealkylation sites (N-methyl/N-ethyl adjacent to an activating group) is 5. The van der Waals surface area contributed by atoms with Crippen molar-refractivity contribution in [2.24, 2.45) is 13.0 Å². The van der Waals surface area contributed by atoms with Gasteiger partial charge in [0.25, 0.3) is 0 Å². The van der Waals surface area contributed by atoms with Crippen LogP contribution in [0, 0.1) is 40.5 Å². The molecule has 15 rings (SSSR count). The Morgan fingerprint density at radius 1 is 0.437 bits per heavy atom. The van der Waals surface area contributed by atoms with E-state index in [4.69, 9.17) is 18.9 Å². The molecule has 3 unspecified atom stereocenters. The summed E-state index contributed by atoms with van der Waals surface area (Å²) >= 11 is 0. The summed E-state index contributed by atoms with van der Waals surface area (Å²) in [5, 5.41) is 0. The number of likely N-dealkylation sites (tertiary alicyclic amines) is 1. The Morgan fingerprint density at radius 2 is 0.913 bits per heavy atom. The lowest BCUT2D eigenvalue weighted by Crippen LogP contribution is -2.56. The lowest BCUT2D eigenvalue weighted by Gasteiger charge is -2.42. The number of anilines is 1. The summed E-state index contributed by atoms with van der Waals surface area (Å²) < 4.78 is 70.7. The molecule has 24 heteroatoms. The SMILES string of the molecule is CC1CCN2CCOCC2C1.CN1CCC(N2CCOCC2)CC1.CN1CCN(C)CC1.CN1CCN2CCOCC2C1.Cc1ccc(=O)n(C)c1.Cc1ccc(S(=O)(=O)N2CCN(C)CC2)cc1.Cc1ccc(S(C)(=O)=O)cc1.Cc1ccc2c(c1)COC2=O.Cc1ccc2c(c1)N(C)C(=O)C2. The van der Waals surface area contributed by atoms with E-state index in [1.807, 2.05) is 103 Å². The number of sulfone groups is 1. The van der Waals surface area contributed by atoms with Crippen molar-refractivity contribution in [2.45, 2.75) is 108 Å². The number of piperazine rings is 3. The number of pyridine rings is 1. The average Bonchev–Trinajstić information content (AvgIpc) is 1.80. The van der Waals surface area contributed by atoms with Crippen molar-refractivity contribution in [3.8, 4) is 0 Å². The number of hydrogen-bond donors (Lipinski definition) is 0. The lowest BCUT2D eigenvalue weighted by molar-refractivity contribution is -0.117. The number of piperidine rings is 2. The molecular weight excluding hydrogens is 1340 g/mol. The lowest BCUT2D eigenvalue weighted by atomic mass is 9.92. The molecule has 8 saturated heterocycles. The van der Waals surface area contributed by atoms with Gasteiger partial charge in [-0.15, -0.1) is 0 Å². The van der Waals surface area contributed by atoms with Crippen LogP contribution in [-0.4, -0.2) is 301 Å². The first kappa shape index (κ1) is 84.5. The summed E-state index contributed by atoms with van der Waals surface area (Å²) in [6.07, 6.45) is 9.00. The monoisotopic (exact) mass is 1470 g/mol. The zero-order chi connectivity index (χ0) is 74.8. The third kappa shape index (κ3) is 28.1. The Kier molecular flexibility index (Phi) is 34.4. The number of rotatable bonds is 4. The van der Waals surface area contributed by atoms with E-state index in [-0.39, 0.29) is 17.4 Å². The Balaban J connectivity index is 0.000000163. The second-order valence-electron chi connectivity index (χ2n) is 29.5. The molecule has 0 aliphatic carbocycles. The zero-order valence-corrected chi connectivity index (χ0v) is 66.2. The number of benzene rings is 4. The molecule has 4 aromatic carbocycles. The Morgan fingerprint density at radius 3 is 1.48 bits per heavy atom. The summed E-state index contributed by atoms with van der Waals surface area (Å²) in [5.41, 5.74) is 9.61. The summed E-state index contributed by atoms with van der Waals surface area (Å²) in [6, 6.07) is 31.3. The topological polar surface area (TPSA) is 194 Å². The zero-order valence-electron chi connectivity index (χ0n) is 64.6. The number of amides is 1. The second kappa shape index (κ2) is 41.9. The van der Waals surface area contributed by atoms with Gasteiger partial charge in [0.05, 0.1) is 61.4 Å². The van der Waals surface area contributed by atoms with Gasteiger partial charge in [0.1, 0.15) is 6.61 Å². The summed E-state index contributed by atoms with van der Waals surface area (Å²) in [7, 11) is 8.02. The van der Waals surface area contributed by atoms with Gasteiger partial charge >= 0.3 is 5.97 Å². The minimum absolute atomic E-state index is 0.0422. The smallest absolute Gasteiger partial charge is 0.338 e. The van der Waals surface area contributed by atoms with E-state index in [2.05, 4.69) is 80.4 Å². The van der Waals surface area contributed by atoms with Crippen LogP contribution in [0.5, 0.6) is 0 Å². The van der Waals surface area contributed by atoms with Gasteiger partial charge < -0.3 is 52.9 Å². The van der Waals surface area contributed by atoms with Gasteiger partial charge in [0, 0.05) is 160 Å². The molecule has 572 valence electrons. The number of aryl methyl sites for hydroxylation is 6. The minimum atomic E-state index is -3.30. The van der Waals surface area contributed by atoms with E-state index >= 15 is 0 Å². The van der Waals surface area contributed by atoms with Crippen LogP contribution in [0.2, 0.25) is 0 Å². The molecule has 0 spiro atoms. The number of sulfonamides is 1. The maximum atomic E-state index is 12.3. The molecule has 103 heavy (non-hydrogen) atoms. The highest BCUT2D eigenvalue weighted by atomic mass is 32.2. The average molecular weight is 1470 g/mol. The van der Waals surface area contributed by atoms with Crippen LogP contribution in [0.25, 0.3) is 0 Å². The van der Waals surface area contributed by atoms with E-state index < -0.39 is 19.9 Å². The summed E-state index contributed by atoms with van der Waals surface area (Å²) in [5.74, 6) is 0.911. The maximum absolute atomic E-state index is 12.3. The highest BCUT2D eigenvalue weighted by molar-refractivity contribution is 7.90. The summed E-state index contributed by atoms with van der Waals surface area (Å²) in [6.45, 7) is 38.1. The van der Waals surface area contributed by atoms with Crippen molar-refractivity contribution in [3.05, 3.63) is 158 Å². The number of carbonyl (C=O) groups is 2. The number of hydrogen-bond acceptors (Lipinski definition) is 19. The number of esters is 1. The molecule has 0 N–H and O–H groups in total. The number of cyclic esters (lactones) is 1. The van der Waals surface area contributed by atoms with Crippen molar-refractivity contribution in [2.75, 3.05) is 211 Å². The molecule has 0 bridgehead atoms. The molecule has 11 heterocycles. The predicted molar refractivity (Wildman–Crippen MR) is 413 cm³/mol. The molecule has 10 aliphatic heterocycles. The van der Waals surface area contributed by atoms with Gasteiger partial charge in [0.2, 0.25) is 21.5 Å². The molecule has 5 aromatic rings. The number of morpholine rings is 3. The fourth-order valence-electron chi connectivity index (χ4n) is 13.5. The standard InChI is InChI=1S/C12H18N2O2S.C10H20N2O.C10H11NO.C9H17NO.C9H8O2.C8H16N2O.C8H10O2S.C7H9NO.C6H14N2/c1-11-3-5-12(6-4-11)17(15,16)14-9-7-13(2)8-10-14;1-11-4-2-10(3-5-11)12-6-8-13-9-7-12;1-7-3-4-8-6-10(12)11(2)9(8)5-7;1-8-2-3-10-4-5-11-7-9(10)6-8;1-6-2-3-8-7(4-6)5-11-9(8)10;1-9-2-3-10-4-5-11-7-8(10)6-9;1-7-3-5-8(6-4-7)11(2,9)10;1-6-3-4-7(9)8(2)5-6;1-7-3-5-8(2)6-4-7/h3-6H,7-10H2,1-2H3;10H,2-9H2,1H3;3-5H,6H2,1-2H3;8-9H,2-7H2,1H3;2-4H,5H2,1H3;8H,2-7H2,1H3;3-6H,1-2H3;3-5H,1-2H3;3-6H2,1-2H3. The molecule has 3 atom stereocenters. The van der Waals surface area contributed by atoms with Gasteiger partial charge in [0.15, 0.2) is 9.84 Å². The highest BCUT2D eigenvalue weighted by Gasteiger charge is 2.31. The van der Waals surface area contributed by atoms with Crippen LogP contribution in [0.3, 0.4) is 0 Å². The van der Waals surface area contributed by atoms with Crippen molar-refractivity contribution in [3.63, 3.8) is 0 Å². The maximum Gasteiger partial charge on any atom is 0.338 e. The van der Waals surface area contributed by atoms with E-state index in [1.165, 1.54) is 109 Å². The number of ether oxygens (including phenoxy) is 4. The first-order valence-electron chi connectivity index (χ1n) is 37.0. The second-order valence-corrected chi connectivity index (χ2v) is 33.4. The fraction of sp³-hybridized carbons (Fsp3) is 0.608. The number of carbonyl (C=O) groups excluding carboxylic acids is 2. The molecule has 1 aromatic heterocycles. The van der Waals surface area contributed by atoms with Gasteiger partial charge in [-0.2, -0.15) is 4.31 Å². The van der Waals surface area contributed by atoms with Gasteiger partial charge in [-0.3, -0.25) is 24.3 Å². The predicted octanol–water partition coefficient (Wildman–Crippen LogP) is 7.23. The molecule has 0 radical (unpaired) electrons. The largest absolute Gasteiger partial charge is 0.457 e. The van der Waals surface area contributed by atoms with Crippen molar-refractivity contribution >= 4 is 37.4 Å². The van der Waals surface area contributed by atoms with E-state index in [0.29, 0.717) is 42.0 Å². The minimum Gasteiger partial charge on any atom is -0.457 e. The fourth-order valence-corrected chi connectivity index (χ4v) is 15.6. The van der Waals surface area contributed by atoms with Crippen LogP contribution >= 0.6 is 0 Å². The summed E-state index contributed by atoms with van der Waals surface area (Å²) in [4.78, 5) is 54.9. The van der Waals surface area contributed by atoms with Crippen molar-refractivity contribution in [1.82, 2.24) is 48.1 Å². The van der Waals surface area contributed by atoms with Crippen LogP contribution < -0.4 is 10.5 Å². The Labute approximate surface area is 617 Å². The number of aromatic nitrogens is 1. The van der Waals surface area contributed by atoms with Crippen LogP contribution in [0.4, 0.5) is 5.69 Å². The molecule has 22 nitrogen and oxygen atoms in total. The molecule has 1 amide bonds. The van der Waals surface area contributed by atoms with E-state index in [0.717, 1.165) is 136 Å². The van der Waals surface area contributed by atoms with Gasteiger partial charge in [-0.05, 0) is 174 Å². The van der Waals surface area contributed by atoms with Crippen LogP contribution in [-0.2, 0) is 63.7 Å². The molecule has 8 fully saturated rings. The third-order valence-electron chi connectivity index (χ3n) is 20.5. The van der Waals surface area contributed by atoms with Gasteiger partial charge in [-0.25, -0.2) is 21.6 Å². The molecule has 10 aliphatic rings.